The van der Waals surface area contributed by atoms with Crippen molar-refractivity contribution in [3.8, 4) is 0 Å². The zero-order valence-corrected chi connectivity index (χ0v) is 41.7. The number of fused-ring (bicyclic) bond motifs is 18. The van der Waals surface area contributed by atoms with Gasteiger partial charge in [0.1, 0.15) is 0 Å². The monoisotopic (exact) mass is 913 g/mol. The van der Waals surface area contributed by atoms with E-state index < -0.39 is 0 Å². The molecule has 4 heteroatoms. The van der Waals surface area contributed by atoms with E-state index in [4.69, 9.17) is 0 Å². The Morgan fingerprint density at radius 3 is 1.45 bits per heavy atom. The van der Waals surface area contributed by atoms with Crippen molar-refractivity contribution < 1.29 is 0 Å². The van der Waals surface area contributed by atoms with Crippen molar-refractivity contribution >= 4 is 133 Å². The number of anilines is 6. The average Bonchev–Trinajstić information content (AvgIpc) is 3.71. The maximum Gasteiger partial charge on any atom is 0.272 e. The summed E-state index contributed by atoms with van der Waals surface area (Å²) in [5.74, 6) is 0. The Labute approximate surface area is 416 Å². The molecular formula is C67H56BN3. The largest absolute Gasteiger partial charge is 0.353 e. The van der Waals surface area contributed by atoms with Gasteiger partial charge in [0.25, 0.3) is 6.71 Å². The summed E-state index contributed by atoms with van der Waals surface area (Å²) in [6, 6.07) is 72.1. The predicted octanol–water partition coefficient (Wildman–Crippen LogP) is 16.6. The van der Waals surface area contributed by atoms with Gasteiger partial charge in [-0.25, -0.2) is 0 Å². The van der Waals surface area contributed by atoms with Crippen molar-refractivity contribution in [1.82, 2.24) is 4.57 Å². The van der Waals surface area contributed by atoms with Crippen molar-refractivity contribution in [2.75, 3.05) is 9.80 Å². The van der Waals surface area contributed by atoms with E-state index in [1.165, 1.54) is 132 Å². The second kappa shape index (κ2) is 15.1. The summed E-state index contributed by atoms with van der Waals surface area (Å²) in [4.78, 5) is 5.28. The molecule has 11 aromatic carbocycles. The second-order valence-corrected chi connectivity index (χ2v) is 21.7. The van der Waals surface area contributed by atoms with Gasteiger partial charge >= 0.3 is 0 Å². The summed E-state index contributed by atoms with van der Waals surface area (Å²) in [7, 11) is 2.33. The fourth-order valence-electron chi connectivity index (χ4n) is 12.9. The van der Waals surface area contributed by atoms with Gasteiger partial charge in [0.05, 0.1) is 11.4 Å². The molecule has 2 aliphatic heterocycles. The summed E-state index contributed by atoms with van der Waals surface area (Å²) in [6.45, 7) is 14.2. The van der Waals surface area contributed by atoms with Crippen LogP contribution in [0.25, 0.3) is 75.5 Å². The standard InChI is InChI=1S/C67H56BN3/c1-8-66(3,4)41-32-36-57-55(38-41)64-65(69(57)7)68-56-39-42(67(5,6)9-2)33-37-58(56)70(43-34-35-51-46-22-11-10-20-44(46)45-21-13-15-26-50(45)54(51)40-43)60-30-19-31-61(63(60)68)71(64)59-29-18-28-53-49-24-14-12-23-47(49)48-25-16-17-27-52(48)62(53)59/h10-40H,8-9H2,1-7H3. The second-order valence-electron chi connectivity index (χ2n) is 21.7. The topological polar surface area (TPSA) is 11.4 Å². The van der Waals surface area contributed by atoms with Gasteiger partial charge in [0.2, 0.25) is 0 Å². The van der Waals surface area contributed by atoms with E-state index in [2.05, 4.69) is 251 Å². The van der Waals surface area contributed by atoms with Crippen molar-refractivity contribution in [3.05, 3.63) is 199 Å². The van der Waals surface area contributed by atoms with Gasteiger partial charge in [-0.3, -0.25) is 0 Å². The minimum absolute atomic E-state index is 0.00605. The van der Waals surface area contributed by atoms with Gasteiger partial charge in [-0.05, 0) is 154 Å². The summed E-state index contributed by atoms with van der Waals surface area (Å²) >= 11 is 0. The minimum atomic E-state index is -0.0378. The number of nitrogens with zero attached hydrogens (tertiary/aromatic N) is 3. The molecule has 0 bridgehead atoms. The molecule has 0 amide bonds. The van der Waals surface area contributed by atoms with Crippen LogP contribution in [-0.2, 0) is 17.9 Å². The molecule has 0 fully saturated rings. The maximum absolute atomic E-state index is 2.68. The Kier molecular flexibility index (Phi) is 8.95. The van der Waals surface area contributed by atoms with Crippen LogP contribution < -0.4 is 26.3 Å². The van der Waals surface area contributed by atoms with Gasteiger partial charge < -0.3 is 14.4 Å². The molecule has 0 radical (unpaired) electrons. The molecule has 14 rings (SSSR count). The fourth-order valence-corrected chi connectivity index (χ4v) is 12.9. The van der Waals surface area contributed by atoms with Gasteiger partial charge in [-0.15, -0.1) is 0 Å². The lowest BCUT2D eigenvalue weighted by atomic mass is 9.34. The van der Waals surface area contributed by atoms with Crippen LogP contribution in [0, 0.1) is 0 Å². The van der Waals surface area contributed by atoms with E-state index in [1.807, 2.05) is 0 Å². The van der Waals surface area contributed by atoms with Gasteiger partial charge in [-0.2, -0.15) is 0 Å². The van der Waals surface area contributed by atoms with Crippen LogP contribution in [0.4, 0.5) is 34.1 Å². The number of aromatic nitrogens is 1. The first-order valence-electron chi connectivity index (χ1n) is 25.7. The lowest BCUT2D eigenvalue weighted by molar-refractivity contribution is 0.506. The molecule has 1 aromatic heterocycles. The predicted molar refractivity (Wildman–Crippen MR) is 309 cm³/mol. The highest BCUT2D eigenvalue weighted by Gasteiger charge is 2.47. The van der Waals surface area contributed by atoms with Gasteiger partial charge in [-0.1, -0.05) is 181 Å². The van der Waals surface area contributed by atoms with E-state index >= 15 is 0 Å². The Morgan fingerprint density at radius 1 is 0.394 bits per heavy atom. The molecule has 0 atom stereocenters. The fraction of sp³-hybridized carbons (Fsp3) is 0.164. The quantitative estimate of drug-likeness (QED) is 0.122. The highest BCUT2D eigenvalue weighted by molar-refractivity contribution is 7.00. The highest BCUT2D eigenvalue weighted by Crippen LogP contribution is 2.51. The van der Waals surface area contributed by atoms with Crippen LogP contribution in [0.15, 0.2) is 188 Å². The number of hydrogen-bond acceptors (Lipinski definition) is 2. The first-order chi connectivity index (χ1) is 34.6. The molecule has 3 heterocycles. The number of benzene rings is 11. The summed E-state index contributed by atoms with van der Waals surface area (Å²) in [5, 5.41) is 16.7. The molecule has 12 aromatic rings. The lowest BCUT2D eigenvalue weighted by Crippen LogP contribution is -2.63. The van der Waals surface area contributed by atoms with Crippen LogP contribution in [0.2, 0.25) is 0 Å². The van der Waals surface area contributed by atoms with Crippen LogP contribution >= 0.6 is 0 Å². The first-order valence-corrected chi connectivity index (χ1v) is 25.7. The molecule has 0 aliphatic carbocycles. The van der Waals surface area contributed by atoms with Crippen LogP contribution in [0.1, 0.15) is 65.5 Å². The minimum Gasteiger partial charge on any atom is -0.353 e. The van der Waals surface area contributed by atoms with E-state index in [1.54, 1.807) is 0 Å². The SMILES string of the molecule is CCC(C)(C)c1ccc2c(c1)B1c3c(cccc3N(c3cccc4c5ccccc5c5ccccc5c34)c3c1n(C)c1ccc(C(C)(C)CC)cc31)N2c1ccc2c3ccccc3c3ccccc3c2c1. The van der Waals surface area contributed by atoms with E-state index in [0.29, 0.717) is 0 Å². The summed E-state index contributed by atoms with van der Waals surface area (Å²) in [5.41, 5.74) is 15.3. The smallest absolute Gasteiger partial charge is 0.272 e. The molecular weight excluding hydrogens is 858 g/mol. The van der Waals surface area contributed by atoms with Crippen LogP contribution in [0.5, 0.6) is 0 Å². The zero-order chi connectivity index (χ0) is 48.1. The average molecular weight is 914 g/mol. The molecule has 342 valence electrons. The number of aryl methyl sites for hydroxylation is 1. The van der Waals surface area contributed by atoms with Gasteiger partial charge in [0, 0.05) is 51.7 Å². The summed E-state index contributed by atoms with van der Waals surface area (Å²) in [6.07, 6.45) is 2.09. The molecule has 0 saturated heterocycles. The number of rotatable bonds is 6. The Hall–Kier alpha value is -7.82. The van der Waals surface area contributed by atoms with E-state index in [0.717, 1.165) is 18.5 Å². The van der Waals surface area contributed by atoms with Crippen LogP contribution in [0.3, 0.4) is 0 Å². The van der Waals surface area contributed by atoms with Crippen LogP contribution in [-0.4, -0.2) is 11.3 Å². The highest BCUT2D eigenvalue weighted by atomic mass is 15.2. The molecule has 0 spiro atoms. The molecule has 0 N–H and O–H groups in total. The third-order valence-electron chi connectivity index (χ3n) is 17.4. The van der Waals surface area contributed by atoms with Gasteiger partial charge in [0.15, 0.2) is 0 Å². The summed E-state index contributed by atoms with van der Waals surface area (Å²) < 4.78 is 2.55. The Morgan fingerprint density at radius 2 is 0.859 bits per heavy atom. The van der Waals surface area contributed by atoms with Crippen molar-refractivity contribution in [2.24, 2.45) is 7.05 Å². The van der Waals surface area contributed by atoms with E-state index in [9.17, 15) is 0 Å². The Balaban J connectivity index is 1.13. The normalized spacial score (nSPS) is 13.6. The Bertz CT molecular complexity index is 4170. The molecule has 0 unspecified atom stereocenters. The number of hydrogen-bond donors (Lipinski definition) is 0. The molecule has 2 aliphatic rings. The van der Waals surface area contributed by atoms with Crippen molar-refractivity contribution in [3.63, 3.8) is 0 Å². The molecule has 71 heavy (non-hydrogen) atoms. The van der Waals surface area contributed by atoms with Crippen molar-refractivity contribution in [2.45, 2.75) is 65.2 Å². The zero-order valence-electron chi connectivity index (χ0n) is 41.7. The molecule has 3 nitrogen and oxygen atoms in total. The van der Waals surface area contributed by atoms with Crippen molar-refractivity contribution in [1.29, 1.82) is 0 Å². The molecule has 0 saturated carbocycles. The lowest BCUT2D eigenvalue weighted by Gasteiger charge is -2.44. The third-order valence-corrected chi connectivity index (χ3v) is 17.4. The van der Waals surface area contributed by atoms with E-state index in [-0.39, 0.29) is 17.5 Å². The first kappa shape index (κ1) is 42.1. The maximum atomic E-state index is 2.68. The third kappa shape index (κ3) is 5.79.